The Morgan fingerprint density at radius 1 is 1.00 bits per heavy atom. The Morgan fingerprint density at radius 2 is 1.76 bits per heavy atom. The van der Waals surface area contributed by atoms with E-state index in [9.17, 15) is 13.2 Å². The molecule has 0 aliphatic rings. The minimum Gasteiger partial charge on any atom is -0.494 e. The van der Waals surface area contributed by atoms with Gasteiger partial charge in [0.1, 0.15) is 5.75 Å². The number of benzene rings is 3. The van der Waals surface area contributed by atoms with Gasteiger partial charge in [0, 0.05) is 23.0 Å². The molecule has 0 aliphatic heterocycles. The highest BCUT2D eigenvalue weighted by Crippen LogP contribution is 2.25. The molecule has 0 spiro atoms. The molecule has 0 radical (unpaired) electrons. The maximum atomic E-state index is 12.9. The van der Waals surface area contributed by atoms with Gasteiger partial charge in [-0.25, -0.2) is 8.42 Å². The van der Waals surface area contributed by atoms with Crippen molar-refractivity contribution in [3.63, 3.8) is 0 Å². The number of hydrogen-bond acceptors (Lipinski definition) is 5. The number of carbonyl (C=O) groups is 1. The Balaban J connectivity index is 1.56. The highest BCUT2D eigenvalue weighted by molar-refractivity contribution is 7.92. The molecule has 0 fully saturated rings. The number of hydrogen-bond donors (Lipinski definition) is 2. The molecule has 2 N–H and O–H groups in total. The van der Waals surface area contributed by atoms with Gasteiger partial charge in [-0.15, -0.1) is 0 Å². The number of rotatable bonds is 7. The van der Waals surface area contributed by atoms with Gasteiger partial charge in [-0.2, -0.15) is 0 Å². The highest BCUT2D eigenvalue weighted by Gasteiger charge is 2.19. The average molecular weight is 482 g/mol. The third-order valence-corrected chi connectivity index (χ3v) is 6.48. The SMILES string of the molecule is CCOc1ccc(NS(=O)(=O)c2ccc(Cl)c(C(=O)Nc3ccc4ncccc4c3)c2)cc1. The topological polar surface area (TPSA) is 97.4 Å². The zero-order valence-corrected chi connectivity index (χ0v) is 19.2. The molecule has 3 aromatic carbocycles. The van der Waals surface area contributed by atoms with Crippen LogP contribution < -0.4 is 14.8 Å². The third-order valence-electron chi connectivity index (χ3n) is 4.77. The molecule has 9 heteroatoms. The first-order chi connectivity index (χ1) is 15.9. The zero-order chi connectivity index (χ0) is 23.4. The van der Waals surface area contributed by atoms with Crippen LogP contribution in [0.3, 0.4) is 0 Å². The van der Waals surface area contributed by atoms with Crippen LogP contribution in [-0.2, 0) is 10.0 Å². The molecule has 7 nitrogen and oxygen atoms in total. The van der Waals surface area contributed by atoms with Crippen molar-refractivity contribution >= 4 is 49.8 Å². The van der Waals surface area contributed by atoms with Gasteiger partial charge < -0.3 is 10.1 Å². The van der Waals surface area contributed by atoms with Gasteiger partial charge in [0.05, 0.1) is 27.6 Å². The number of halogens is 1. The summed E-state index contributed by atoms with van der Waals surface area (Å²) in [5.74, 6) is 0.108. The van der Waals surface area contributed by atoms with Crippen LogP contribution in [0.15, 0.2) is 83.9 Å². The lowest BCUT2D eigenvalue weighted by Gasteiger charge is -2.12. The minimum atomic E-state index is -3.95. The molecule has 0 atom stereocenters. The van der Waals surface area contributed by atoms with E-state index < -0.39 is 15.9 Å². The normalized spacial score (nSPS) is 11.2. The van der Waals surface area contributed by atoms with E-state index in [2.05, 4.69) is 15.0 Å². The average Bonchev–Trinajstić information content (AvgIpc) is 2.80. The van der Waals surface area contributed by atoms with Crippen LogP contribution in [-0.4, -0.2) is 25.9 Å². The fourth-order valence-corrected chi connectivity index (χ4v) is 4.49. The smallest absolute Gasteiger partial charge is 0.261 e. The number of nitrogens with one attached hydrogen (secondary N) is 2. The second kappa shape index (κ2) is 9.48. The van der Waals surface area contributed by atoms with Crippen molar-refractivity contribution in [3.05, 3.63) is 89.6 Å². The van der Waals surface area contributed by atoms with Crippen molar-refractivity contribution in [2.24, 2.45) is 0 Å². The first-order valence-electron chi connectivity index (χ1n) is 10.1. The van der Waals surface area contributed by atoms with Crippen molar-refractivity contribution in [1.82, 2.24) is 4.98 Å². The highest BCUT2D eigenvalue weighted by atomic mass is 35.5. The monoisotopic (exact) mass is 481 g/mol. The van der Waals surface area contributed by atoms with Gasteiger partial charge in [-0.1, -0.05) is 17.7 Å². The lowest BCUT2D eigenvalue weighted by molar-refractivity contribution is 0.102. The maximum Gasteiger partial charge on any atom is 0.261 e. The molecule has 0 saturated carbocycles. The van der Waals surface area contributed by atoms with Crippen LogP contribution in [0.2, 0.25) is 5.02 Å². The van der Waals surface area contributed by atoms with Crippen molar-refractivity contribution in [2.75, 3.05) is 16.6 Å². The van der Waals surface area contributed by atoms with Crippen molar-refractivity contribution in [2.45, 2.75) is 11.8 Å². The van der Waals surface area contributed by atoms with Gasteiger partial charge in [0.2, 0.25) is 0 Å². The number of fused-ring (bicyclic) bond motifs is 1. The number of sulfonamides is 1. The fourth-order valence-electron chi connectivity index (χ4n) is 3.20. The van der Waals surface area contributed by atoms with E-state index in [1.165, 1.54) is 18.2 Å². The molecular weight excluding hydrogens is 462 g/mol. The Hall–Kier alpha value is -3.62. The molecule has 0 bridgehead atoms. The molecule has 0 aliphatic carbocycles. The van der Waals surface area contributed by atoms with Gasteiger partial charge in [0.15, 0.2) is 0 Å². The molecule has 1 heterocycles. The summed E-state index contributed by atoms with van der Waals surface area (Å²) in [5, 5.41) is 3.75. The predicted octanol–water partition coefficient (Wildman–Crippen LogP) is 5.34. The Bertz CT molecular complexity index is 1420. The standard InChI is InChI=1S/C24H20ClN3O4S/c1-2-32-19-8-5-17(6-9-19)28-33(30,31)20-10-11-22(25)21(15-20)24(29)27-18-7-12-23-16(14-18)4-3-13-26-23/h3-15,28H,2H2,1H3,(H,27,29). The lowest BCUT2D eigenvalue weighted by atomic mass is 10.1. The van der Waals surface area contributed by atoms with Crippen LogP contribution in [0.4, 0.5) is 11.4 Å². The first kappa shape index (κ1) is 22.6. The van der Waals surface area contributed by atoms with E-state index >= 15 is 0 Å². The number of aromatic nitrogens is 1. The summed E-state index contributed by atoms with van der Waals surface area (Å²) < 4.78 is 33.6. The predicted molar refractivity (Wildman–Crippen MR) is 130 cm³/mol. The van der Waals surface area contributed by atoms with Crippen molar-refractivity contribution < 1.29 is 17.9 Å². The van der Waals surface area contributed by atoms with E-state index in [1.54, 1.807) is 54.7 Å². The van der Waals surface area contributed by atoms with Gasteiger partial charge in [-0.05, 0) is 73.7 Å². The van der Waals surface area contributed by atoms with Gasteiger partial charge in [-0.3, -0.25) is 14.5 Å². The van der Waals surface area contributed by atoms with Crippen molar-refractivity contribution in [3.8, 4) is 5.75 Å². The first-order valence-corrected chi connectivity index (χ1v) is 11.9. The van der Waals surface area contributed by atoms with Crippen LogP contribution in [0.1, 0.15) is 17.3 Å². The largest absolute Gasteiger partial charge is 0.494 e. The molecule has 1 amide bonds. The molecule has 4 aromatic rings. The number of ether oxygens (including phenoxy) is 1. The van der Waals surface area contributed by atoms with Crippen LogP contribution in [0, 0.1) is 0 Å². The summed E-state index contributed by atoms with van der Waals surface area (Å²) >= 11 is 6.21. The van der Waals surface area contributed by atoms with Crippen LogP contribution >= 0.6 is 11.6 Å². The van der Waals surface area contributed by atoms with Crippen LogP contribution in [0.5, 0.6) is 5.75 Å². The summed E-state index contributed by atoms with van der Waals surface area (Å²) in [6.45, 7) is 2.37. The molecule has 33 heavy (non-hydrogen) atoms. The summed E-state index contributed by atoms with van der Waals surface area (Å²) in [5.41, 5.74) is 1.74. The Kier molecular flexibility index (Phi) is 6.48. The number of nitrogens with zero attached hydrogens (tertiary/aromatic N) is 1. The van der Waals surface area contributed by atoms with Crippen LogP contribution in [0.25, 0.3) is 10.9 Å². The van der Waals surface area contributed by atoms with E-state index in [4.69, 9.17) is 16.3 Å². The molecule has 1 aromatic heterocycles. The fraction of sp³-hybridized carbons (Fsp3) is 0.0833. The van der Waals surface area contributed by atoms with E-state index in [0.29, 0.717) is 23.7 Å². The maximum absolute atomic E-state index is 12.9. The molecule has 168 valence electrons. The summed E-state index contributed by atoms with van der Waals surface area (Å²) in [7, 11) is -3.95. The number of anilines is 2. The summed E-state index contributed by atoms with van der Waals surface area (Å²) in [6.07, 6.45) is 1.69. The second-order valence-electron chi connectivity index (χ2n) is 7.07. The molecule has 0 unspecified atom stereocenters. The van der Waals surface area contributed by atoms with E-state index in [0.717, 1.165) is 10.9 Å². The lowest BCUT2D eigenvalue weighted by Crippen LogP contribution is -2.16. The van der Waals surface area contributed by atoms with E-state index in [-0.39, 0.29) is 15.5 Å². The number of pyridine rings is 1. The van der Waals surface area contributed by atoms with Gasteiger partial charge in [0.25, 0.3) is 15.9 Å². The molecular formula is C24H20ClN3O4S. The van der Waals surface area contributed by atoms with Gasteiger partial charge >= 0.3 is 0 Å². The second-order valence-corrected chi connectivity index (χ2v) is 9.16. The Morgan fingerprint density at radius 3 is 2.52 bits per heavy atom. The summed E-state index contributed by atoms with van der Waals surface area (Å²) in [6, 6.07) is 19.5. The quantitative estimate of drug-likeness (QED) is 0.371. The number of amides is 1. The van der Waals surface area contributed by atoms with Crippen molar-refractivity contribution in [1.29, 1.82) is 0 Å². The summed E-state index contributed by atoms with van der Waals surface area (Å²) in [4.78, 5) is 17.0. The minimum absolute atomic E-state index is 0.0394. The zero-order valence-electron chi connectivity index (χ0n) is 17.6. The molecule has 0 saturated heterocycles. The number of carbonyl (C=O) groups excluding carboxylic acids is 1. The third kappa shape index (κ3) is 5.24. The molecule has 4 rings (SSSR count). The Labute approximate surface area is 196 Å². The van der Waals surface area contributed by atoms with E-state index in [1.807, 2.05) is 13.0 Å².